The third kappa shape index (κ3) is 1.19. The van der Waals surface area contributed by atoms with Crippen molar-refractivity contribution < 1.29 is 0 Å². The second-order valence-electron chi connectivity index (χ2n) is 2.39. The highest BCUT2D eigenvalue weighted by Crippen LogP contribution is 2.07. The molecule has 0 saturated heterocycles. The predicted octanol–water partition coefficient (Wildman–Crippen LogP) is 0.923. The van der Waals surface area contributed by atoms with Crippen LogP contribution >= 0.6 is 0 Å². The Morgan fingerprint density at radius 2 is 2.50 bits per heavy atom. The summed E-state index contributed by atoms with van der Waals surface area (Å²) >= 11 is 0. The quantitative estimate of drug-likeness (QED) is 0.662. The molecule has 0 spiro atoms. The minimum absolute atomic E-state index is 0.0856. The van der Waals surface area contributed by atoms with Gasteiger partial charge < -0.3 is 10.3 Å². The number of aryl methyl sites for hydroxylation is 1. The van der Waals surface area contributed by atoms with Gasteiger partial charge in [0.1, 0.15) is 0 Å². The summed E-state index contributed by atoms with van der Waals surface area (Å²) in [7, 11) is 0. The number of imidazole rings is 1. The van der Waals surface area contributed by atoms with Gasteiger partial charge in [-0.15, -0.1) is 0 Å². The molecule has 3 nitrogen and oxygen atoms in total. The molecule has 0 aromatic carbocycles. The van der Waals surface area contributed by atoms with Crippen LogP contribution in [0.3, 0.4) is 0 Å². The summed E-state index contributed by atoms with van der Waals surface area (Å²) in [5.41, 5.74) is 6.77. The van der Waals surface area contributed by atoms with E-state index in [1.165, 1.54) is 0 Å². The Balaban J connectivity index is 2.90. The highest BCUT2D eigenvalue weighted by molar-refractivity contribution is 5.02. The molecule has 56 valence electrons. The van der Waals surface area contributed by atoms with Crippen molar-refractivity contribution in [2.75, 3.05) is 0 Å². The lowest BCUT2D eigenvalue weighted by Crippen LogP contribution is -2.10. The van der Waals surface area contributed by atoms with Gasteiger partial charge in [-0.2, -0.15) is 0 Å². The molecule has 1 rings (SSSR count). The Morgan fingerprint density at radius 3 is 2.90 bits per heavy atom. The normalized spacial score (nSPS) is 13.5. The van der Waals surface area contributed by atoms with Crippen molar-refractivity contribution in [1.29, 1.82) is 0 Å². The van der Waals surface area contributed by atoms with Crippen molar-refractivity contribution in [1.82, 2.24) is 9.55 Å². The van der Waals surface area contributed by atoms with Gasteiger partial charge in [0.25, 0.3) is 0 Å². The predicted molar refractivity (Wildman–Crippen MR) is 40.5 cm³/mol. The average molecular weight is 139 g/mol. The summed E-state index contributed by atoms with van der Waals surface area (Å²) in [4.78, 5) is 4.00. The van der Waals surface area contributed by atoms with Gasteiger partial charge in [-0.25, -0.2) is 4.98 Å². The molecular formula is C7H13N3. The molecule has 0 saturated carbocycles. The number of nitrogens with two attached hydrogens (primary N) is 1. The lowest BCUT2D eigenvalue weighted by molar-refractivity contribution is 0.657. The molecule has 3 heteroatoms. The third-order valence-electron chi connectivity index (χ3n) is 1.55. The largest absolute Gasteiger partial charge is 0.333 e. The van der Waals surface area contributed by atoms with Crippen LogP contribution in [-0.2, 0) is 6.54 Å². The van der Waals surface area contributed by atoms with Crippen LogP contribution in [0.25, 0.3) is 0 Å². The van der Waals surface area contributed by atoms with Gasteiger partial charge in [0.15, 0.2) is 0 Å². The molecule has 0 amide bonds. The summed E-state index contributed by atoms with van der Waals surface area (Å²) in [5, 5.41) is 0. The first-order chi connectivity index (χ1) is 4.75. The SMILES string of the molecule is CCn1cncc1C(C)N. The zero-order valence-electron chi connectivity index (χ0n) is 6.41. The molecule has 1 aromatic rings. The van der Waals surface area contributed by atoms with Crippen molar-refractivity contribution in [2.24, 2.45) is 5.73 Å². The summed E-state index contributed by atoms with van der Waals surface area (Å²) in [6, 6.07) is 0.0856. The molecule has 0 fully saturated rings. The topological polar surface area (TPSA) is 43.8 Å². The van der Waals surface area contributed by atoms with Crippen LogP contribution in [-0.4, -0.2) is 9.55 Å². The molecule has 0 aliphatic carbocycles. The summed E-state index contributed by atoms with van der Waals surface area (Å²) in [6.45, 7) is 4.98. The number of hydrogen-bond donors (Lipinski definition) is 1. The van der Waals surface area contributed by atoms with E-state index in [4.69, 9.17) is 5.73 Å². The number of hydrogen-bond acceptors (Lipinski definition) is 2. The number of rotatable bonds is 2. The molecule has 10 heavy (non-hydrogen) atoms. The molecular weight excluding hydrogens is 126 g/mol. The molecule has 0 radical (unpaired) electrons. The first-order valence-electron chi connectivity index (χ1n) is 3.51. The first-order valence-corrected chi connectivity index (χ1v) is 3.51. The lowest BCUT2D eigenvalue weighted by atomic mass is 10.3. The smallest absolute Gasteiger partial charge is 0.0948 e. The van der Waals surface area contributed by atoms with Crippen LogP contribution in [0.2, 0.25) is 0 Å². The maximum absolute atomic E-state index is 5.67. The monoisotopic (exact) mass is 139 g/mol. The molecule has 1 aromatic heterocycles. The maximum atomic E-state index is 5.67. The van der Waals surface area contributed by atoms with Gasteiger partial charge in [0, 0.05) is 18.8 Å². The molecule has 2 N–H and O–H groups in total. The molecule has 1 heterocycles. The van der Waals surface area contributed by atoms with Crippen LogP contribution in [0.5, 0.6) is 0 Å². The fourth-order valence-electron chi connectivity index (χ4n) is 0.974. The second kappa shape index (κ2) is 2.84. The van der Waals surface area contributed by atoms with Crippen LogP contribution in [0, 0.1) is 0 Å². The van der Waals surface area contributed by atoms with Crippen molar-refractivity contribution in [3.63, 3.8) is 0 Å². The maximum Gasteiger partial charge on any atom is 0.0948 e. The Hall–Kier alpha value is -0.830. The first kappa shape index (κ1) is 7.28. The van der Waals surface area contributed by atoms with Gasteiger partial charge in [-0.3, -0.25) is 0 Å². The average Bonchev–Trinajstić information content (AvgIpc) is 2.33. The van der Waals surface area contributed by atoms with Crippen molar-refractivity contribution >= 4 is 0 Å². The van der Waals surface area contributed by atoms with Gasteiger partial charge in [-0.1, -0.05) is 0 Å². The van der Waals surface area contributed by atoms with E-state index in [1.54, 1.807) is 6.33 Å². The van der Waals surface area contributed by atoms with Gasteiger partial charge in [-0.05, 0) is 13.8 Å². The van der Waals surface area contributed by atoms with Crippen molar-refractivity contribution in [3.05, 3.63) is 18.2 Å². The highest BCUT2D eigenvalue weighted by atomic mass is 15.1. The van der Waals surface area contributed by atoms with Gasteiger partial charge in [0.05, 0.1) is 12.0 Å². The minimum atomic E-state index is 0.0856. The zero-order valence-corrected chi connectivity index (χ0v) is 6.41. The van der Waals surface area contributed by atoms with E-state index in [2.05, 4.69) is 11.9 Å². The van der Waals surface area contributed by atoms with E-state index in [9.17, 15) is 0 Å². The molecule has 1 unspecified atom stereocenters. The summed E-state index contributed by atoms with van der Waals surface area (Å²) < 4.78 is 2.05. The second-order valence-corrected chi connectivity index (χ2v) is 2.39. The van der Waals surface area contributed by atoms with Crippen LogP contribution in [0.4, 0.5) is 0 Å². The van der Waals surface area contributed by atoms with E-state index in [0.29, 0.717) is 0 Å². The van der Waals surface area contributed by atoms with E-state index in [0.717, 1.165) is 12.2 Å². The fourth-order valence-corrected chi connectivity index (χ4v) is 0.974. The number of aromatic nitrogens is 2. The highest BCUT2D eigenvalue weighted by Gasteiger charge is 2.03. The zero-order chi connectivity index (χ0) is 7.56. The van der Waals surface area contributed by atoms with E-state index in [1.807, 2.05) is 17.7 Å². The third-order valence-corrected chi connectivity index (χ3v) is 1.55. The Bertz CT molecular complexity index is 202. The van der Waals surface area contributed by atoms with Crippen molar-refractivity contribution in [2.45, 2.75) is 26.4 Å². The van der Waals surface area contributed by atoms with Crippen molar-refractivity contribution in [3.8, 4) is 0 Å². The molecule has 0 aliphatic heterocycles. The van der Waals surface area contributed by atoms with E-state index >= 15 is 0 Å². The molecule has 0 bridgehead atoms. The van der Waals surface area contributed by atoms with E-state index < -0.39 is 0 Å². The van der Waals surface area contributed by atoms with Gasteiger partial charge >= 0.3 is 0 Å². The number of nitrogens with zero attached hydrogens (tertiary/aromatic N) is 2. The standard InChI is InChI=1S/C7H13N3/c1-3-10-5-9-4-7(10)6(2)8/h4-6H,3,8H2,1-2H3. The van der Waals surface area contributed by atoms with Gasteiger partial charge in [0.2, 0.25) is 0 Å². The van der Waals surface area contributed by atoms with E-state index in [-0.39, 0.29) is 6.04 Å². The molecule has 1 atom stereocenters. The Labute approximate surface area is 60.9 Å². The summed E-state index contributed by atoms with van der Waals surface area (Å²) in [5.74, 6) is 0. The Morgan fingerprint density at radius 1 is 1.80 bits per heavy atom. The minimum Gasteiger partial charge on any atom is -0.333 e. The molecule has 0 aliphatic rings. The summed E-state index contributed by atoms with van der Waals surface area (Å²) in [6.07, 6.45) is 3.62. The van der Waals surface area contributed by atoms with Crippen LogP contribution in [0.15, 0.2) is 12.5 Å². The van der Waals surface area contributed by atoms with Crippen LogP contribution in [0.1, 0.15) is 25.6 Å². The lowest BCUT2D eigenvalue weighted by Gasteiger charge is -2.06. The van der Waals surface area contributed by atoms with Crippen LogP contribution < -0.4 is 5.73 Å². The fraction of sp³-hybridized carbons (Fsp3) is 0.571. The Kier molecular flexibility index (Phi) is 2.06.